The van der Waals surface area contributed by atoms with E-state index in [4.69, 9.17) is 4.74 Å². The fourth-order valence-corrected chi connectivity index (χ4v) is 3.84. The number of aryl methyl sites for hydroxylation is 1. The van der Waals surface area contributed by atoms with E-state index in [0.29, 0.717) is 17.9 Å². The van der Waals surface area contributed by atoms with Crippen molar-refractivity contribution in [3.05, 3.63) is 35.5 Å². The predicted molar refractivity (Wildman–Crippen MR) is 98.8 cm³/mol. The second-order valence-electron chi connectivity index (χ2n) is 7.02. The zero-order valence-corrected chi connectivity index (χ0v) is 15.0. The number of carbonyl (C=O) groups is 2. The molecular formula is C21H27NO3. The van der Waals surface area contributed by atoms with Gasteiger partial charge in [0.1, 0.15) is 0 Å². The van der Waals surface area contributed by atoms with E-state index in [1.807, 2.05) is 12.1 Å². The van der Waals surface area contributed by atoms with Gasteiger partial charge in [-0.15, -0.1) is 0 Å². The van der Waals surface area contributed by atoms with Gasteiger partial charge in [-0.3, -0.25) is 9.59 Å². The number of ether oxygens (including phenoxy) is 1. The number of fused-ring (bicyclic) bond motifs is 1. The first-order valence-electron chi connectivity index (χ1n) is 9.46. The zero-order valence-electron chi connectivity index (χ0n) is 15.0. The highest BCUT2D eigenvalue weighted by atomic mass is 16.5. The number of benzene rings is 1. The molecule has 0 spiro atoms. The van der Waals surface area contributed by atoms with Crippen LogP contribution < -0.4 is 0 Å². The van der Waals surface area contributed by atoms with Gasteiger partial charge in [0.15, 0.2) is 6.61 Å². The third kappa shape index (κ3) is 4.30. The maximum Gasteiger partial charge on any atom is 0.306 e. The molecular weight excluding hydrogens is 314 g/mol. The van der Waals surface area contributed by atoms with Crippen LogP contribution in [0.3, 0.4) is 0 Å². The summed E-state index contributed by atoms with van der Waals surface area (Å²) < 4.78 is 5.22. The molecule has 1 fully saturated rings. The minimum atomic E-state index is -0.256. The van der Waals surface area contributed by atoms with E-state index in [1.165, 1.54) is 37.7 Å². The summed E-state index contributed by atoms with van der Waals surface area (Å²) in [7, 11) is 0. The van der Waals surface area contributed by atoms with E-state index in [1.54, 1.807) is 6.20 Å². The van der Waals surface area contributed by atoms with Crippen LogP contribution in [0.2, 0.25) is 0 Å². The van der Waals surface area contributed by atoms with E-state index in [2.05, 4.69) is 18.0 Å². The van der Waals surface area contributed by atoms with Crippen molar-refractivity contribution in [2.75, 3.05) is 6.61 Å². The van der Waals surface area contributed by atoms with Crippen molar-refractivity contribution in [1.82, 2.24) is 4.98 Å². The third-order valence-corrected chi connectivity index (χ3v) is 5.33. The molecule has 1 heterocycles. The number of aromatic amines is 1. The van der Waals surface area contributed by atoms with Crippen LogP contribution in [0.5, 0.6) is 0 Å². The first-order valence-corrected chi connectivity index (χ1v) is 9.46. The second kappa shape index (κ2) is 8.32. The summed E-state index contributed by atoms with van der Waals surface area (Å²) in [6.07, 6.45) is 10.3. The smallest absolute Gasteiger partial charge is 0.306 e. The molecule has 4 heteroatoms. The molecule has 0 radical (unpaired) electrons. The highest BCUT2D eigenvalue weighted by Gasteiger charge is 2.18. The highest BCUT2D eigenvalue weighted by molar-refractivity contribution is 6.09. The van der Waals surface area contributed by atoms with Crippen LogP contribution >= 0.6 is 0 Å². The summed E-state index contributed by atoms with van der Waals surface area (Å²) in [6, 6.07) is 5.95. The molecule has 4 nitrogen and oxygen atoms in total. The van der Waals surface area contributed by atoms with Gasteiger partial charge in [0, 0.05) is 29.1 Å². The van der Waals surface area contributed by atoms with E-state index < -0.39 is 0 Å². The van der Waals surface area contributed by atoms with Gasteiger partial charge in [-0.2, -0.15) is 0 Å². The molecule has 0 bridgehead atoms. The Morgan fingerprint density at radius 1 is 1.20 bits per heavy atom. The lowest BCUT2D eigenvalue weighted by Gasteiger charge is -2.20. The summed E-state index contributed by atoms with van der Waals surface area (Å²) in [5, 5.41) is 0.905. The van der Waals surface area contributed by atoms with Gasteiger partial charge in [0.2, 0.25) is 5.78 Å². The number of nitrogens with one attached hydrogen (secondary N) is 1. The van der Waals surface area contributed by atoms with Crippen LogP contribution in [0.1, 0.15) is 67.8 Å². The number of Topliss-reactive ketones (excluding diaryl/α,β-unsaturated/α-hetero) is 1. The molecule has 0 saturated heterocycles. The Morgan fingerprint density at radius 3 is 2.76 bits per heavy atom. The Labute approximate surface area is 148 Å². The summed E-state index contributed by atoms with van der Waals surface area (Å²) in [4.78, 5) is 27.6. The number of para-hydroxylation sites is 1. The fourth-order valence-electron chi connectivity index (χ4n) is 3.84. The average Bonchev–Trinajstić information content (AvgIpc) is 3.09. The lowest BCUT2D eigenvalue weighted by atomic mass is 9.86. The fraction of sp³-hybridized carbons (Fsp3) is 0.524. The normalized spacial score (nSPS) is 15.4. The molecule has 134 valence electrons. The number of ketones is 1. The summed E-state index contributed by atoms with van der Waals surface area (Å²) in [5.74, 6) is 0.247. The molecule has 25 heavy (non-hydrogen) atoms. The van der Waals surface area contributed by atoms with Crippen molar-refractivity contribution >= 4 is 22.7 Å². The number of aromatic nitrogens is 1. The number of rotatable bonds is 7. The van der Waals surface area contributed by atoms with Crippen LogP contribution in [0.4, 0.5) is 0 Å². The van der Waals surface area contributed by atoms with Gasteiger partial charge in [-0.25, -0.2) is 0 Å². The first-order chi connectivity index (χ1) is 12.2. The van der Waals surface area contributed by atoms with Gasteiger partial charge in [0.25, 0.3) is 0 Å². The highest BCUT2D eigenvalue weighted by Crippen LogP contribution is 2.27. The van der Waals surface area contributed by atoms with Crippen molar-refractivity contribution in [2.24, 2.45) is 5.92 Å². The van der Waals surface area contributed by atoms with Crippen molar-refractivity contribution in [1.29, 1.82) is 0 Å². The van der Waals surface area contributed by atoms with Gasteiger partial charge >= 0.3 is 5.97 Å². The predicted octanol–water partition coefficient (Wildman–Crippen LogP) is 4.82. The molecule has 2 aromatic rings. The second-order valence-corrected chi connectivity index (χ2v) is 7.02. The molecule has 1 aliphatic carbocycles. The molecule has 1 aromatic carbocycles. The Hall–Kier alpha value is -2.10. The molecule has 1 aromatic heterocycles. The van der Waals surface area contributed by atoms with E-state index in [0.717, 1.165) is 23.7 Å². The quantitative estimate of drug-likeness (QED) is 0.580. The summed E-state index contributed by atoms with van der Waals surface area (Å²) in [6.45, 7) is 1.91. The van der Waals surface area contributed by atoms with Crippen molar-refractivity contribution in [2.45, 2.75) is 58.3 Å². The van der Waals surface area contributed by atoms with Gasteiger partial charge in [-0.1, -0.05) is 57.2 Å². The van der Waals surface area contributed by atoms with Crippen molar-refractivity contribution in [3.63, 3.8) is 0 Å². The minimum absolute atomic E-state index is 0.148. The lowest BCUT2D eigenvalue weighted by molar-refractivity contribution is -0.142. The molecule has 0 unspecified atom stereocenters. The number of hydrogen-bond donors (Lipinski definition) is 1. The molecule has 1 N–H and O–H groups in total. The van der Waals surface area contributed by atoms with Crippen molar-refractivity contribution < 1.29 is 14.3 Å². The zero-order chi connectivity index (χ0) is 17.6. The number of carbonyl (C=O) groups excluding carboxylic acids is 2. The van der Waals surface area contributed by atoms with Crippen LogP contribution in [0.25, 0.3) is 10.9 Å². The molecule has 1 saturated carbocycles. The standard InChI is InChI=1S/C21H27NO3/c1-2-16-9-6-10-17-18(13-22-21(16)17)19(23)14-25-20(24)12-11-15-7-4-3-5-8-15/h6,9-10,13,15,22H,2-5,7-8,11-12,14H2,1H3. The SMILES string of the molecule is CCc1cccc2c(C(=O)COC(=O)CCC3CCCCC3)c[nH]c12. The Morgan fingerprint density at radius 2 is 2.00 bits per heavy atom. The molecule has 0 atom stereocenters. The first kappa shape index (κ1) is 17.7. The minimum Gasteiger partial charge on any atom is -0.457 e. The lowest BCUT2D eigenvalue weighted by Crippen LogP contribution is -2.15. The monoisotopic (exact) mass is 341 g/mol. The van der Waals surface area contributed by atoms with Gasteiger partial charge in [-0.05, 0) is 24.3 Å². The number of hydrogen-bond acceptors (Lipinski definition) is 3. The Kier molecular flexibility index (Phi) is 5.90. The largest absolute Gasteiger partial charge is 0.457 e. The summed E-state index contributed by atoms with van der Waals surface area (Å²) in [5.41, 5.74) is 2.78. The average molecular weight is 341 g/mol. The van der Waals surface area contributed by atoms with E-state index in [9.17, 15) is 9.59 Å². The number of H-pyrrole nitrogens is 1. The molecule has 1 aliphatic rings. The van der Waals surface area contributed by atoms with Crippen LogP contribution in [-0.4, -0.2) is 23.3 Å². The Balaban J connectivity index is 1.53. The van der Waals surface area contributed by atoms with Gasteiger partial charge < -0.3 is 9.72 Å². The maximum absolute atomic E-state index is 12.4. The van der Waals surface area contributed by atoms with E-state index >= 15 is 0 Å². The van der Waals surface area contributed by atoms with E-state index in [-0.39, 0.29) is 18.4 Å². The van der Waals surface area contributed by atoms with Crippen LogP contribution in [0.15, 0.2) is 24.4 Å². The molecule has 0 amide bonds. The summed E-state index contributed by atoms with van der Waals surface area (Å²) >= 11 is 0. The molecule has 0 aliphatic heterocycles. The van der Waals surface area contributed by atoms with Crippen molar-refractivity contribution in [3.8, 4) is 0 Å². The Bertz CT molecular complexity index is 741. The van der Waals surface area contributed by atoms with Gasteiger partial charge in [0.05, 0.1) is 0 Å². The van der Waals surface area contributed by atoms with Crippen LogP contribution in [-0.2, 0) is 16.0 Å². The molecule has 3 rings (SSSR count). The van der Waals surface area contributed by atoms with Crippen LogP contribution in [0, 0.1) is 5.92 Å². The number of esters is 1. The third-order valence-electron chi connectivity index (χ3n) is 5.33. The topological polar surface area (TPSA) is 59.2 Å². The maximum atomic E-state index is 12.4.